The molecule has 0 saturated carbocycles. The molecule has 1 fully saturated rings. The molecule has 19 heavy (non-hydrogen) atoms. The minimum atomic E-state index is -0.749. The highest BCUT2D eigenvalue weighted by molar-refractivity contribution is 5.24. The molecule has 0 unspecified atom stereocenters. The fraction of sp³-hybridized carbons (Fsp3) is 0.667. The Balaban J connectivity index is 2.08. The number of methoxy groups -OCH3 is 1. The van der Waals surface area contributed by atoms with Gasteiger partial charge in [-0.3, -0.25) is 4.90 Å². The first-order valence-electron chi connectivity index (χ1n) is 6.83. The van der Waals surface area contributed by atoms with Crippen LogP contribution in [0.4, 0.5) is 0 Å². The van der Waals surface area contributed by atoms with Gasteiger partial charge in [0.1, 0.15) is 0 Å². The molecule has 0 bridgehead atoms. The molecule has 1 aliphatic rings. The van der Waals surface area contributed by atoms with Crippen LogP contribution < -0.4 is 4.74 Å². The average Bonchev–Trinajstić information content (AvgIpc) is 2.38. The molecule has 1 aliphatic heterocycles. The Morgan fingerprint density at radius 1 is 1.26 bits per heavy atom. The van der Waals surface area contributed by atoms with Crippen molar-refractivity contribution >= 4 is 0 Å². The molecule has 106 valence electrons. The average molecular weight is 264 g/mol. The standard InChI is InChI=1S/C15H24N2O2/c1-14(2,3)17-9-7-15(18,8-10-17)12-5-6-13(19-4)16-11-12/h5-6,11,18H,7-10H2,1-4H3. The molecular weight excluding hydrogens is 240 g/mol. The van der Waals surface area contributed by atoms with Crippen molar-refractivity contribution in [2.24, 2.45) is 0 Å². The van der Waals surface area contributed by atoms with Crippen LogP contribution in [0.1, 0.15) is 39.2 Å². The summed E-state index contributed by atoms with van der Waals surface area (Å²) >= 11 is 0. The number of pyridine rings is 1. The Hall–Kier alpha value is -1.13. The van der Waals surface area contributed by atoms with Crippen LogP contribution >= 0.6 is 0 Å². The number of hydrogen-bond acceptors (Lipinski definition) is 4. The Labute approximate surface area is 115 Å². The van der Waals surface area contributed by atoms with E-state index < -0.39 is 5.60 Å². The van der Waals surface area contributed by atoms with Gasteiger partial charge in [0.05, 0.1) is 12.7 Å². The maximum absolute atomic E-state index is 10.8. The number of ether oxygens (including phenoxy) is 1. The zero-order valence-electron chi connectivity index (χ0n) is 12.3. The third kappa shape index (κ3) is 3.07. The summed E-state index contributed by atoms with van der Waals surface area (Å²) in [7, 11) is 1.60. The minimum Gasteiger partial charge on any atom is -0.481 e. The first-order valence-corrected chi connectivity index (χ1v) is 6.83. The van der Waals surface area contributed by atoms with Gasteiger partial charge in [0.15, 0.2) is 0 Å². The van der Waals surface area contributed by atoms with E-state index in [9.17, 15) is 5.11 Å². The molecule has 4 nitrogen and oxygen atoms in total. The number of hydrogen-bond donors (Lipinski definition) is 1. The van der Waals surface area contributed by atoms with E-state index in [-0.39, 0.29) is 5.54 Å². The summed E-state index contributed by atoms with van der Waals surface area (Å²) < 4.78 is 5.05. The highest BCUT2D eigenvalue weighted by atomic mass is 16.5. The molecule has 1 aromatic heterocycles. The Kier molecular flexibility index (Phi) is 3.83. The van der Waals surface area contributed by atoms with Crippen molar-refractivity contribution in [1.82, 2.24) is 9.88 Å². The van der Waals surface area contributed by atoms with Crippen molar-refractivity contribution in [2.45, 2.75) is 44.8 Å². The highest BCUT2D eigenvalue weighted by Gasteiger charge is 2.37. The van der Waals surface area contributed by atoms with E-state index in [1.165, 1.54) is 0 Å². The van der Waals surface area contributed by atoms with Crippen LogP contribution in [0, 0.1) is 0 Å². The Bertz CT molecular complexity index is 415. The molecule has 2 rings (SSSR count). The molecule has 0 amide bonds. The second kappa shape index (κ2) is 5.10. The summed E-state index contributed by atoms with van der Waals surface area (Å²) in [6, 6.07) is 3.72. The van der Waals surface area contributed by atoms with E-state index in [4.69, 9.17) is 4.74 Å². The predicted octanol–water partition coefficient (Wildman–Crippen LogP) is 2.17. The van der Waals surface area contributed by atoms with Crippen LogP contribution in [-0.4, -0.2) is 40.7 Å². The topological polar surface area (TPSA) is 45.6 Å². The van der Waals surface area contributed by atoms with Crippen LogP contribution in [0.2, 0.25) is 0 Å². The van der Waals surface area contributed by atoms with E-state index in [0.717, 1.165) is 31.5 Å². The van der Waals surface area contributed by atoms with Gasteiger partial charge in [0.25, 0.3) is 0 Å². The summed E-state index contributed by atoms with van der Waals surface area (Å²) in [5, 5.41) is 10.8. The second-order valence-electron chi connectivity index (χ2n) is 6.28. The van der Waals surface area contributed by atoms with Crippen LogP contribution in [0.15, 0.2) is 18.3 Å². The summed E-state index contributed by atoms with van der Waals surface area (Å²) in [6.45, 7) is 8.46. The van der Waals surface area contributed by atoms with Gasteiger partial charge in [-0.15, -0.1) is 0 Å². The number of nitrogens with zero attached hydrogens (tertiary/aromatic N) is 2. The number of likely N-dealkylation sites (tertiary alicyclic amines) is 1. The molecule has 0 aromatic carbocycles. The van der Waals surface area contributed by atoms with Crippen LogP contribution in [-0.2, 0) is 5.60 Å². The monoisotopic (exact) mass is 264 g/mol. The van der Waals surface area contributed by atoms with Gasteiger partial charge >= 0.3 is 0 Å². The lowest BCUT2D eigenvalue weighted by atomic mass is 9.84. The lowest BCUT2D eigenvalue weighted by Gasteiger charge is -2.44. The van der Waals surface area contributed by atoms with Crippen LogP contribution in [0.25, 0.3) is 0 Å². The van der Waals surface area contributed by atoms with Gasteiger partial charge in [0.2, 0.25) is 5.88 Å². The van der Waals surface area contributed by atoms with Gasteiger partial charge in [-0.25, -0.2) is 4.98 Å². The molecule has 0 aliphatic carbocycles. The maximum atomic E-state index is 10.8. The Morgan fingerprint density at radius 3 is 2.32 bits per heavy atom. The highest BCUT2D eigenvalue weighted by Crippen LogP contribution is 2.34. The molecule has 4 heteroatoms. The molecule has 1 aromatic rings. The largest absolute Gasteiger partial charge is 0.481 e. The summed E-state index contributed by atoms with van der Waals surface area (Å²) in [4.78, 5) is 6.60. The lowest BCUT2D eigenvalue weighted by Crippen LogP contribution is -2.50. The van der Waals surface area contributed by atoms with Crippen LogP contribution in [0.5, 0.6) is 5.88 Å². The molecule has 0 radical (unpaired) electrons. The zero-order valence-corrected chi connectivity index (χ0v) is 12.3. The maximum Gasteiger partial charge on any atom is 0.212 e. The SMILES string of the molecule is COc1ccc(C2(O)CCN(C(C)(C)C)CC2)cn1. The zero-order chi connectivity index (χ0) is 14.1. The van der Waals surface area contributed by atoms with Crippen molar-refractivity contribution in [2.75, 3.05) is 20.2 Å². The second-order valence-corrected chi connectivity index (χ2v) is 6.28. The predicted molar refractivity (Wildman–Crippen MR) is 75.2 cm³/mol. The molecule has 1 saturated heterocycles. The van der Waals surface area contributed by atoms with E-state index in [0.29, 0.717) is 5.88 Å². The van der Waals surface area contributed by atoms with Gasteiger partial charge in [-0.05, 0) is 39.7 Å². The first kappa shape index (κ1) is 14.3. The fourth-order valence-corrected chi connectivity index (χ4v) is 2.61. The third-order valence-corrected chi connectivity index (χ3v) is 4.02. The van der Waals surface area contributed by atoms with Crippen molar-refractivity contribution in [3.05, 3.63) is 23.9 Å². The van der Waals surface area contributed by atoms with Crippen molar-refractivity contribution in [1.29, 1.82) is 0 Å². The molecule has 0 atom stereocenters. The summed E-state index contributed by atoms with van der Waals surface area (Å²) in [5.74, 6) is 0.583. The fourth-order valence-electron chi connectivity index (χ4n) is 2.61. The quantitative estimate of drug-likeness (QED) is 0.889. The number of aliphatic hydroxyl groups is 1. The van der Waals surface area contributed by atoms with Crippen LogP contribution in [0.3, 0.4) is 0 Å². The van der Waals surface area contributed by atoms with Gasteiger partial charge in [-0.1, -0.05) is 0 Å². The Morgan fingerprint density at radius 2 is 1.89 bits per heavy atom. The van der Waals surface area contributed by atoms with Gasteiger partial charge in [0, 0.05) is 36.5 Å². The van der Waals surface area contributed by atoms with E-state index in [1.54, 1.807) is 13.3 Å². The van der Waals surface area contributed by atoms with Crippen molar-refractivity contribution in [3.63, 3.8) is 0 Å². The minimum absolute atomic E-state index is 0.166. The first-order chi connectivity index (χ1) is 8.85. The van der Waals surface area contributed by atoms with Gasteiger partial charge < -0.3 is 9.84 Å². The molecule has 1 N–H and O–H groups in total. The third-order valence-electron chi connectivity index (χ3n) is 4.02. The van der Waals surface area contributed by atoms with Gasteiger partial charge in [-0.2, -0.15) is 0 Å². The van der Waals surface area contributed by atoms with E-state index in [2.05, 4.69) is 30.7 Å². The van der Waals surface area contributed by atoms with Crippen molar-refractivity contribution in [3.8, 4) is 5.88 Å². The number of rotatable bonds is 2. The molecule has 2 heterocycles. The summed E-state index contributed by atoms with van der Waals surface area (Å²) in [5.41, 5.74) is 0.308. The molecule has 0 spiro atoms. The molecular formula is C15H24N2O2. The van der Waals surface area contributed by atoms with E-state index in [1.807, 2.05) is 12.1 Å². The summed E-state index contributed by atoms with van der Waals surface area (Å²) in [6.07, 6.45) is 3.22. The van der Waals surface area contributed by atoms with E-state index >= 15 is 0 Å². The normalized spacial score (nSPS) is 20.3. The number of aromatic nitrogens is 1. The smallest absolute Gasteiger partial charge is 0.212 e. The lowest BCUT2D eigenvalue weighted by molar-refractivity contribution is -0.0463. The van der Waals surface area contributed by atoms with Crippen molar-refractivity contribution < 1.29 is 9.84 Å². The number of piperidine rings is 1.